The Bertz CT molecular complexity index is 399. The number of rotatable bonds is 4. The van der Waals surface area contributed by atoms with E-state index in [1.807, 2.05) is 31.1 Å². The summed E-state index contributed by atoms with van der Waals surface area (Å²) in [6.45, 7) is 1.00. The lowest BCUT2D eigenvalue weighted by Crippen LogP contribution is -2.19. The van der Waals surface area contributed by atoms with Gasteiger partial charge in [-0.15, -0.1) is 0 Å². The molecular formula is C12H16N2O3. The molecule has 0 aliphatic rings. The number of amides is 1. The summed E-state index contributed by atoms with van der Waals surface area (Å²) in [6.07, 6.45) is 0. The van der Waals surface area contributed by atoms with Gasteiger partial charge < -0.3 is 15.0 Å². The van der Waals surface area contributed by atoms with E-state index in [2.05, 4.69) is 10.1 Å². The van der Waals surface area contributed by atoms with Gasteiger partial charge in [-0.25, -0.2) is 0 Å². The van der Waals surface area contributed by atoms with E-state index in [0.29, 0.717) is 5.69 Å². The zero-order valence-corrected chi connectivity index (χ0v) is 10.2. The average molecular weight is 236 g/mol. The van der Waals surface area contributed by atoms with Crippen LogP contribution < -0.4 is 10.2 Å². The zero-order chi connectivity index (χ0) is 12.8. The Morgan fingerprint density at radius 2 is 1.82 bits per heavy atom. The normalized spacial score (nSPS) is 9.59. The summed E-state index contributed by atoms with van der Waals surface area (Å²) < 4.78 is 4.58. The zero-order valence-electron chi connectivity index (χ0n) is 10.2. The lowest BCUT2D eigenvalue weighted by atomic mass is 10.2. The fraction of sp³-hybridized carbons (Fsp3) is 0.333. The Hall–Kier alpha value is -2.04. The molecule has 5 heteroatoms. The molecule has 0 aliphatic carbocycles. The second-order valence-corrected chi connectivity index (χ2v) is 3.77. The Morgan fingerprint density at radius 3 is 2.29 bits per heavy atom. The number of esters is 1. The average Bonchev–Trinajstić information content (AvgIpc) is 2.27. The molecule has 1 N–H and O–H groups in total. The lowest BCUT2D eigenvalue weighted by molar-refractivity contribution is -0.144. The first-order chi connectivity index (χ1) is 7.99. The smallest absolute Gasteiger partial charge is 0.303 e. The van der Waals surface area contributed by atoms with Crippen molar-refractivity contribution in [1.29, 1.82) is 0 Å². The van der Waals surface area contributed by atoms with Gasteiger partial charge in [-0.3, -0.25) is 9.59 Å². The van der Waals surface area contributed by atoms with E-state index in [0.717, 1.165) is 5.69 Å². The van der Waals surface area contributed by atoms with Crippen LogP contribution in [0, 0.1) is 0 Å². The predicted molar refractivity (Wildman–Crippen MR) is 66.0 cm³/mol. The Labute approximate surface area is 100 Å². The molecule has 0 spiro atoms. The summed E-state index contributed by atoms with van der Waals surface area (Å²) in [5.41, 5.74) is 1.72. The number of carbonyl (C=O) groups is 2. The molecule has 1 aromatic rings. The monoisotopic (exact) mass is 236 g/mol. The molecule has 0 aliphatic heterocycles. The lowest BCUT2D eigenvalue weighted by Gasteiger charge is -2.13. The fourth-order valence-electron chi connectivity index (χ4n) is 1.21. The molecule has 17 heavy (non-hydrogen) atoms. The molecule has 0 saturated heterocycles. The molecule has 0 unspecified atom stereocenters. The maximum absolute atomic E-state index is 11.3. The number of nitrogens with zero attached hydrogens (tertiary/aromatic N) is 1. The molecule has 92 valence electrons. The molecule has 5 nitrogen and oxygen atoms in total. The van der Waals surface area contributed by atoms with E-state index in [-0.39, 0.29) is 12.5 Å². The predicted octanol–water partition coefficient (Wildman–Crippen LogP) is 1.25. The number of hydrogen-bond acceptors (Lipinski definition) is 4. The summed E-state index contributed by atoms with van der Waals surface area (Å²) in [4.78, 5) is 23.8. The summed E-state index contributed by atoms with van der Waals surface area (Å²) in [5.74, 6) is -0.819. The van der Waals surface area contributed by atoms with E-state index < -0.39 is 5.97 Å². The first-order valence-electron chi connectivity index (χ1n) is 5.19. The summed E-state index contributed by atoms with van der Waals surface area (Å²) in [7, 11) is 3.88. The Balaban J connectivity index is 2.51. The molecule has 0 aromatic heterocycles. The van der Waals surface area contributed by atoms with Crippen LogP contribution in [-0.4, -0.2) is 32.6 Å². The fourth-order valence-corrected chi connectivity index (χ4v) is 1.21. The minimum absolute atomic E-state index is 0.259. The molecule has 1 amide bonds. The second-order valence-electron chi connectivity index (χ2n) is 3.77. The number of nitrogens with one attached hydrogen (secondary N) is 1. The van der Waals surface area contributed by atoms with E-state index in [9.17, 15) is 9.59 Å². The number of hydrogen-bond donors (Lipinski definition) is 1. The minimum Gasteiger partial charge on any atom is -0.456 e. The van der Waals surface area contributed by atoms with E-state index in [1.54, 1.807) is 12.1 Å². The maximum Gasteiger partial charge on any atom is 0.303 e. The van der Waals surface area contributed by atoms with Gasteiger partial charge in [0, 0.05) is 32.4 Å². The van der Waals surface area contributed by atoms with Gasteiger partial charge in [0.1, 0.15) is 0 Å². The van der Waals surface area contributed by atoms with Crippen molar-refractivity contribution in [3.8, 4) is 0 Å². The topological polar surface area (TPSA) is 58.6 Å². The molecule has 1 rings (SSSR count). The Morgan fingerprint density at radius 1 is 1.24 bits per heavy atom. The van der Waals surface area contributed by atoms with Gasteiger partial charge in [-0.1, -0.05) is 0 Å². The molecule has 0 fully saturated rings. The van der Waals surface area contributed by atoms with Crippen LogP contribution in [0.5, 0.6) is 0 Å². The van der Waals surface area contributed by atoms with Gasteiger partial charge in [0.25, 0.3) is 5.91 Å². The van der Waals surface area contributed by atoms with Crippen molar-refractivity contribution >= 4 is 23.3 Å². The number of anilines is 2. The highest BCUT2D eigenvalue weighted by atomic mass is 16.5. The number of carbonyl (C=O) groups excluding carboxylic acids is 2. The van der Waals surface area contributed by atoms with E-state index in [1.165, 1.54) is 6.92 Å². The second kappa shape index (κ2) is 5.89. The molecule has 0 bridgehead atoms. The van der Waals surface area contributed by atoms with Crippen LogP contribution in [-0.2, 0) is 14.3 Å². The first-order valence-corrected chi connectivity index (χ1v) is 5.19. The van der Waals surface area contributed by atoms with Crippen LogP contribution in [0.3, 0.4) is 0 Å². The van der Waals surface area contributed by atoms with Crippen LogP contribution in [0.4, 0.5) is 11.4 Å². The van der Waals surface area contributed by atoms with Crippen molar-refractivity contribution < 1.29 is 14.3 Å². The van der Waals surface area contributed by atoms with Crippen LogP contribution >= 0.6 is 0 Å². The quantitative estimate of drug-likeness (QED) is 0.799. The third-order valence-electron chi connectivity index (χ3n) is 2.07. The van der Waals surface area contributed by atoms with Crippen molar-refractivity contribution in [3.63, 3.8) is 0 Å². The van der Waals surface area contributed by atoms with Crippen molar-refractivity contribution in [3.05, 3.63) is 24.3 Å². The highest BCUT2D eigenvalue weighted by Gasteiger charge is 2.04. The molecule has 1 aromatic carbocycles. The van der Waals surface area contributed by atoms with Crippen LogP contribution in [0.2, 0.25) is 0 Å². The van der Waals surface area contributed by atoms with Crippen molar-refractivity contribution in [2.75, 3.05) is 30.9 Å². The summed E-state index contributed by atoms with van der Waals surface area (Å²) in [5, 5.41) is 2.63. The largest absolute Gasteiger partial charge is 0.456 e. The van der Waals surface area contributed by atoms with Crippen molar-refractivity contribution in [2.24, 2.45) is 0 Å². The van der Waals surface area contributed by atoms with Crippen LogP contribution in [0.25, 0.3) is 0 Å². The molecule has 0 saturated carbocycles. The third-order valence-corrected chi connectivity index (χ3v) is 2.07. The SMILES string of the molecule is CC(=O)OCC(=O)Nc1ccc(N(C)C)cc1. The third kappa shape index (κ3) is 4.55. The molecule has 0 atom stereocenters. The van der Waals surface area contributed by atoms with Gasteiger partial charge >= 0.3 is 5.97 Å². The summed E-state index contributed by atoms with van der Waals surface area (Å²) in [6, 6.07) is 7.37. The highest BCUT2D eigenvalue weighted by Crippen LogP contribution is 2.15. The molecule has 0 heterocycles. The highest BCUT2D eigenvalue weighted by molar-refractivity contribution is 5.92. The van der Waals surface area contributed by atoms with E-state index in [4.69, 9.17) is 0 Å². The van der Waals surface area contributed by atoms with Crippen molar-refractivity contribution in [1.82, 2.24) is 0 Å². The van der Waals surface area contributed by atoms with Crippen molar-refractivity contribution in [2.45, 2.75) is 6.92 Å². The van der Waals surface area contributed by atoms with Gasteiger partial charge in [-0.05, 0) is 24.3 Å². The van der Waals surface area contributed by atoms with Crippen LogP contribution in [0.1, 0.15) is 6.92 Å². The molecule has 0 radical (unpaired) electrons. The maximum atomic E-state index is 11.3. The standard InChI is InChI=1S/C12H16N2O3/c1-9(15)17-8-12(16)13-10-4-6-11(7-5-10)14(2)3/h4-7H,8H2,1-3H3,(H,13,16). The summed E-state index contributed by atoms with van der Waals surface area (Å²) >= 11 is 0. The Kier molecular flexibility index (Phi) is 4.51. The number of ether oxygens (including phenoxy) is 1. The van der Waals surface area contributed by atoms with Gasteiger partial charge in [0.05, 0.1) is 0 Å². The molecular weight excluding hydrogens is 220 g/mol. The van der Waals surface area contributed by atoms with Gasteiger partial charge in [0.15, 0.2) is 6.61 Å². The van der Waals surface area contributed by atoms with Gasteiger partial charge in [-0.2, -0.15) is 0 Å². The van der Waals surface area contributed by atoms with E-state index >= 15 is 0 Å². The minimum atomic E-state index is -0.469. The van der Waals surface area contributed by atoms with Crippen LogP contribution in [0.15, 0.2) is 24.3 Å². The first kappa shape index (κ1) is 13.0. The van der Waals surface area contributed by atoms with Gasteiger partial charge in [0.2, 0.25) is 0 Å². The number of benzene rings is 1.